The first-order valence-corrected chi connectivity index (χ1v) is 4.49. The van der Waals surface area contributed by atoms with E-state index in [1.165, 1.54) is 0 Å². The van der Waals surface area contributed by atoms with Crippen molar-refractivity contribution in [1.82, 2.24) is 0 Å². The van der Waals surface area contributed by atoms with Gasteiger partial charge in [-0.15, -0.1) is 0 Å². The van der Waals surface area contributed by atoms with Gasteiger partial charge in [0, 0.05) is 7.11 Å². The number of methoxy groups -OCH3 is 1. The average Bonchev–Trinajstić information content (AvgIpc) is 2.03. The Hall–Kier alpha value is -0.610. The minimum absolute atomic E-state index is 0.279. The number of hydrogen-bond donors (Lipinski definition) is 1. The molecule has 2 N–H and O–H groups in total. The summed E-state index contributed by atoms with van der Waals surface area (Å²) >= 11 is 0. The molecule has 0 heterocycles. The van der Waals surface area contributed by atoms with Gasteiger partial charge in [-0.2, -0.15) is 0 Å². The number of ether oxygens (including phenoxy) is 2. The summed E-state index contributed by atoms with van der Waals surface area (Å²) in [4.78, 5) is 11.2. The fourth-order valence-corrected chi connectivity index (χ4v) is 0.937. The van der Waals surface area contributed by atoms with Gasteiger partial charge in [-0.25, -0.2) is 0 Å². The molecule has 4 heteroatoms. The summed E-state index contributed by atoms with van der Waals surface area (Å²) in [6.45, 7) is 4.73. The van der Waals surface area contributed by atoms with Crippen molar-refractivity contribution in [2.45, 2.75) is 26.3 Å². The van der Waals surface area contributed by atoms with Crippen LogP contribution >= 0.6 is 0 Å². The van der Waals surface area contributed by atoms with Crippen LogP contribution < -0.4 is 5.73 Å². The average molecular weight is 189 g/mol. The molecule has 1 unspecified atom stereocenters. The molecule has 0 saturated heterocycles. The third-order valence-electron chi connectivity index (χ3n) is 1.56. The van der Waals surface area contributed by atoms with Crippen molar-refractivity contribution in [3.8, 4) is 0 Å². The molecule has 0 amide bonds. The van der Waals surface area contributed by atoms with Crippen LogP contribution in [-0.2, 0) is 14.3 Å². The van der Waals surface area contributed by atoms with Gasteiger partial charge in [0.05, 0.1) is 6.61 Å². The van der Waals surface area contributed by atoms with E-state index in [1.54, 1.807) is 7.11 Å². The van der Waals surface area contributed by atoms with E-state index in [-0.39, 0.29) is 12.6 Å². The molecule has 0 aromatic rings. The Kier molecular flexibility index (Phi) is 6.54. The summed E-state index contributed by atoms with van der Waals surface area (Å²) in [5.41, 5.74) is 5.59. The largest absolute Gasteiger partial charge is 0.462 e. The molecule has 0 radical (unpaired) electrons. The molecule has 13 heavy (non-hydrogen) atoms. The molecule has 0 aliphatic rings. The van der Waals surface area contributed by atoms with Crippen molar-refractivity contribution in [1.29, 1.82) is 0 Å². The monoisotopic (exact) mass is 189 g/mol. The van der Waals surface area contributed by atoms with Gasteiger partial charge in [-0.3, -0.25) is 4.79 Å². The van der Waals surface area contributed by atoms with Gasteiger partial charge in [0.2, 0.25) is 0 Å². The first kappa shape index (κ1) is 12.4. The standard InChI is InChI=1S/C9H19NO3/c1-7(2)6-8(10)9(11)13-5-4-12-3/h7-8H,4-6,10H2,1-3H3. The van der Waals surface area contributed by atoms with Crippen LogP contribution in [0.5, 0.6) is 0 Å². The highest BCUT2D eigenvalue weighted by Gasteiger charge is 2.15. The van der Waals surface area contributed by atoms with E-state index in [9.17, 15) is 4.79 Å². The van der Waals surface area contributed by atoms with Gasteiger partial charge >= 0.3 is 5.97 Å². The second-order valence-corrected chi connectivity index (χ2v) is 3.40. The smallest absolute Gasteiger partial charge is 0.322 e. The third kappa shape index (κ3) is 6.54. The molecule has 4 nitrogen and oxygen atoms in total. The molecule has 0 aromatic carbocycles. The number of hydrogen-bond acceptors (Lipinski definition) is 4. The Labute approximate surface area is 79.4 Å². The van der Waals surface area contributed by atoms with Gasteiger partial charge < -0.3 is 15.2 Å². The van der Waals surface area contributed by atoms with E-state index in [0.29, 0.717) is 18.9 Å². The highest BCUT2D eigenvalue weighted by Crippen LogP contribution is 2.03. The van der Waals surface area contributed by atoms with Crippen LogP contribution in [-0.4, -0.2) is 32.3 Å². The topological polar surface area (TPSA) is 61.5 Å². The van der Waals surface area contributed by atoms with Gasteiger partial charge in [0.25, 0.3) is 0 Å². The second-order valence-electron chi connectivity index (χ2n) is 3.40. The fraction of sp³-hybridized carbons (Fsp3) is 0.889. The van der Waals surface area contributed by atoms with Crippen LogP contribution in [0.1, 0.15) is 20.3 Å². The molecule has 0 fully saturated rings. The Morgan fingerprint density at radius 3 is 2.46 bits per heavy atom. The zero-order valence-corrected chi connectivity index (χ0v) is 8.58. The number of carbonyl (C=O) groups excluding carboxylic acids is 1. The summed E-state index contributed by atoms with van der Waals surface area (Å²) in [5, 5.41) is 0. The van der Waals surface area contributed by atoms with Gasteiger partial charge in [-0.1, -0.05) is 13.8 Å². The zero-order chi connectivity index (χ0) is 10.3. The van der Waals surface area contributed by atoms with Crippen LogP contribution in [0.25, 0.3) is 0 Å². The van der Waals surface area contributed by atoms with E-state index in [1.807, 2.05) is 13.8 Å². The lowest BCUT2D eigenvalue weighted by atomic mass is 10.1. The Morgan fingerprint density at radius 1 is 1.38 bits per heavy atom. The van der Waals surface area contributed by atoms with Crippen LogP contribution in [0.3, 0.4) is 0 Å². The van der Waals surface area contributed by atoms with Crippen molar-refractivity contribution < 1.29 is 14.3 Å². The Morgan fingerprint density at radius 2 is 2.00 bits per heavy atom. The second kappa shape index (κ2) is 6.86. The maximum absolute atomic E-state index is 11.2. The molecule has 0 aromatic heterocycles. The summed E-state index contributed by atoms with van der Waals surface area (Å²) in [6.07, 6.45) is 0.659. The number of carbonyl (C=O) groups is 1. The quantitative estimate of drug-likeness (QED) is 0.489. The third-order valence-corrected chi connectivity index (χ3v) is 1.56. The number of rotatable bonds is 6. The molecular formula is C9H19NO3. The van der Waals surface area contributed by atoms with E-state index >= 15 is 0 Å². The highest BCUT2D eigenvalue weighted by molar-refractivity contribution is 5.75. The molecule has 0 bridgehead atoms. The van der Waals surface area contributed by atoms with E-state index < -0.39 is 6.04 Å². The Balaban J connectivity index is 3.57. The van der Waals surface area contributed by atoms with Crippen molar-refractivity contribution >= 4 is 5.97 Å². The molecule has 0 saturated carbocycles. The first-order chi connectivity index (χ1) is 6.07. The predicted molar refractivity (Wildman–Crippen MR) is 50.3 cm³/mol. The summed E-state index contributed by atoms with van der Waals surface area (Å²) in [5.74, 6) is 0.0655. The summed E-state index contributed by atoms with van der Waals surface area (Å²) in [6, 6.07) is -0.503. The zero-order valence-electron chi connectivity index (χ0n) is 8.58. The predicted octanol–water partition coefficient (Wildman–Crippen LogP) is 0.549. The first-order valence-electron chi connectivity index (χ1n) is 4.49. The van der Waals surface area contributed by atoms with Crippen molar-refractivity contribution in [3.05, 3.63) is 0 Å². The van der Waals surface area contributed by atoms with Crippen molar-refractivity contribution in [2.24, 2.45) is 11.7 Å². The van der Waals surface area contributed by atoms with Gasteiger partial charge in [0.15, 0.2) is 0 Å². The minimum atomic E-state index is -0.503. The number of nitrogens with two attached hydrogens (primary N) is 1. The SMILES string of the molecule is COCCOC(=O)C(N)CC(C)C. The van der Waals surface area contributed by atoms with E-state index in [2.05, 4.69) is 0 Å². The molecule has 0 aliphatic heterocycles. The fourth-order valence-electron chi connectivity index (χ4n) is 0.937. The van der Waals surface area contributed by atoms with Crippen LogP contribution in [0, 0.1) is 5.92 Å². The van der Waals surface area contributed by atoms with Crippen LogP contribution in [0.2, 0.25) is 0 Å². The van der Waals surface area contributed by atoms with Gasteiger partial charge in [-0.05, 0) is 12.3 Å². The van der Waals surface area contributed by atoms with E-state index in [4.69, 9.17) is 15.2 Å². The summed E-state index contributed by atoms with van der Waals surface area (Å²) in [7, 11) is 1.56. The van der Waals surface area contributed by atoms with E-state index in [0.717, 1.165) is 0 Å². The summed E-state index contributed by atoms with van der Waals surface area (Å²) < 4.78 is 9.59. The van der Waals surface area contributed by atoms with Gasteiger partial charge in [0.1, 0.15) is 12.6 Å². The minimum Gasteiger partial charge on any atom is -0.462 e. The molecular weight excluding hydrogens is 170 g/mol. The molecule has 1 atom stereocenters. The maximum Gasteiger partial charge on any atom is 0.322 e. The number of esters is 1. The van der Waals surface area contributed by atoms with Crippen molar-refractivity contribution in [3.63, 3.8) is 0 Å². The van der Waals surface area contributed by atoms with Crippen LogP contribution in [0.4, 0.5) is 0 Å². The Bertz CT molecular complexity index is 148. The maximum atomic E-state index is 11.2. The molecule has 0 spiro atoms. The normalized spacial score (nSPS) is 13.0. The molecule has 78 valence electrons. The lowest BCUT2D eigenvalue weighted by Crippen LogP contribution is -2.34. The highest BCUT2D eigenvalue weighted by atomic mass is 16.6. The van der Waals surface area contributed by atoms with Crippen molar-refractivity contribution in [2.75, 3.05) is 20.3 Å². The lowest BCUT2D eigenvalue weighted by molar-refractivity contribution is -0.146. The lowest BCUT2D eigenvalue weighted by Gasteiger charge is -2.12. The van der Waals surface area contributed by atoms with Crippen LogP contribution in [0.15, 0.2) is 0 Å². The molecule has 0 aliphatic carbocycles. The molecule has 0 rings (SSSR count).